The molecule has 0 aromatic carbocycles. The Morgan fingerprint density at radius 3 is 3.00 bits per heavy atom. The van der Waals surface area contributed by atoms with Crippen LogP contribution in [0.25, 0.3) is 0 Å². The molecule has 0 saturated carbocycles. The zero-order valence-corrected chi connectivity index (χ0v) is 5.89. The van der Waals surface area contributed by atoms with Crippen molar-refractivity contribution in [3.8, 4) is 0 Å². The molecule has 10 heavy (non-hydrogen) atoms. The molecule has 1 aliphatic heterocycles. The van der Waals surface area contributed by atoms with Crippen molar-refractivity contribution in [2.24, 2.45) is 5.84 Å². The molecular formula is C7H12N2O. The van der Waals surface area contributed by atoms with Gasteiger partial charge in [0.1, 0.15) is 5.76 Å². The summed E-state index contributed by atoms with van der Waals surface area (Å²) in [5.74, 6) is 6.02. The maximum atomic E-state index is 5.25. The Labute approximate surface area is 60.5 Å². The second-order valence-corrected chi connectivity index (χ2v) is 2.14. The van der Waals surface area contributed by atoms with E-state index in [4.69, 9.17) is 10.6 Å². The highest BCUT2D eigenvalue weighted by atomic mass is 16.5. The van der Waals surface area contributed by atoms with Gasteiger partial charge in [0.15, 0.2) is 0 Å². The number of rotatable bonds is 2. The number of allylic oxidation sites excluding steroid dienone is 2. The monoisotopic (exact) mass is 140 g/mol. The summed E-state index contributed by atoms with van der Waals surface area (Å²) in [5.41, 5.74) is 3.53. The zero-order chi connectivity index (χ0) is 7.40. The third-order valence-corrected chi connectivity index (χ3v) is 1.49. The summed E-state index contributed by atoms with van der Waals surface area (Å²) in [6, 6.07) is 0. The van der Waals surface area contributed by atoms with Crippen LogP contribution in [0.4, 0.5) is 0 Å². The fourth-order valence-corrected chi connectivity index (χ4v) is 0.967. The summed E-state index contributed by atoms with van der Waals surface area (Å²) in [7, 11) is 0. The van der Waals surface area contributed by atoms with Crippen molar-refractivity contribution in [3.63, 3.8) is 0 Å². The minimum absolute atomic E-state index is 0.770. The first-order chi connectivity index (χ1) is 4.88. The lowest BCUT2D eigenvalue weighted by Gasteiger charge is -2.17. The summed E-state index contributed by atoms with van der Waals surface area (Å²) < 4.78 is 5.25. The molecule has 0 bridgehead atoms. The lowest BCUT2D eigenvalue weighted by Crippen LogP contribution is -2.25. The number of ether oxygens (including phenoxy) is 1. The highest BCUT2D eigenvalue weighted by Crippen LogP contribution is 2.15. The van der Waals surface area contributed by atoms with Crippen LogP contribution in [0.3, 0.4) is 0 Å². The molecule has 0 aromatic rings. The normalized spacial score (nSPS) is 18.1. The van der Waals surface area contributed by atoms with Crippen LogP contribution in [0, 0.1) is 0 Å². The summed E-state index contributed by atoms with van der Waals surface area (Å²) in [4.78, 5) is 0. The van der Waals surface area contributed by atoms with Gasteiger partial charge in [-0.05, 0) is 18.9 Å². The molecule has 56 valence electrons. The Morgan fingerprint density at radius 1 is 1.70 bits per heavy atom. The van der Waals surface area contributed by atoms with Gasteiger partial charge in [-0.15, -0.1) is 0 Å². The van der Waals surface area contributed by atoms with Crippen molar-refractivity contribution in [2.75, 3.05) is 6.61 Å². The van der Waals surface area contributed by atoms with Crippen LogP contribution < -0.4 is 11.3 Å². The molecule has 1 heterocycles. The Balaban J connectivity index is 2.72. The highest BCUT2D eigenvalue weighted by Gasteiger charge is 2.08. The van der Waals surface area contributed by atoms with Gasteiger partial charge in [-0.2, -0.15) is 0 Å². The Kier molecular flexibility index (Phi) is 2.34. The first-order valence-electron chi connectivity index (χ1n) is 3.33. The maximum absolute atomic E-state index is 5.25. The number of hydrogen-bond acceptors (Lipinski definition) is 3. The van der Waals surface area contributed by atoms with E-state index >= 15 is 0 Å². The molecule has 0 spiro atoms. The molecule has 3 nitrogen and oxygen atoms in total. The Morgan fingerprint density at radius 2 is 2.50 bits per heavy atom. The predicted molar refractivity (Wildman–Crippen MR) is 39.7 cm³/mol. The van der Waals surface area contributed by atoms with Gasteiger partial charge in [0.2, 0.25) is 0 Å². The molecule has 0 fully saturated rings. The van der Waals surface area contributed by atoms with E-state index in [0.29, 0.717) is 0 Å². The van der Waals surface area contributed by atoms with Gasteiger partial charge < -0.3 is 10.2 Å². The van der Waals surface area contributed by atoms with Crippen molar-refractivity contribution in [3.05, 3.63) is 24.1 Å². The summed E-state index contributed by atoms with van der Waals surface area (Å²) in [5, 5.41) is 0. The lowest BCUT2D eigenvalue weighted by molar-refractivity contribution is 0.195. The number of hydrogen-bond donors (Lipinski definition) is 2. The minimum Gasteiger partial charge on any atom is -0.492 e. The first kappa shape index (κ1) is 7.15. The van der Waals surface area contributed by atoms with Gasteiger partial charge in [-0.1, -0.05) is 6.58 Å². The van der Waals surface area contributed by atoms with Crippen LogP contribution in [0.2, 0.25) is 0 Å². The Hall–Kier alpha value is -0.960. The number of nitrogens with two attached hydrogens (primary N) is 1. The topological polar surface area (TPSA) is 47.3 Å². The number of nitrogens with one attached hydrogen (secondary N) is 1. The van der Waals surface area contributed by atoms with E-state index in [1.807, 2.05) is 0 Å². The van der Waals surface area contributed by atoms with Crippen LogP contribution >= 0.6 is 0 Å². The van der Waals surface area contributed by atoms with Crippen molar-refractivity contribution in [2.45, 2.75) is 12.8 Å². The van der Waals surface area contributed by atoms with E-state index in [1.54, 1.807) is 6.08 Å². The van der Waals surface area contributed by atoms with Crippen molar-refractivity contribution >= 4 is 0 Å². The summed E-state index contributed by atoms with van der Waals surface area (Å²) >= 11 is 0. The average Bonchev–Trinajstić information content (AvgIpc) is 2.04. The third-order valence-electron chi connectivity index (χ3n) is 1.49. The molecular weight excluding hydrogens is 128 g/mol. The number of hydrazine groups is 1. The molecule has 1 aliphatic rings. The van der Waals surface area contributed by atoms with Crippen LogP contribution in [0.5, 0.6) is 0 Å². The maximum Gasteiger partial charge on any atom is 0.138 e. The second kappa shape index (κ2) is 3.27. The fourth-order valence-electron chi connectivity index (χ4n) is 0.967. The van der Waals surface area contributed by atoms with Crippen molar-refractivity contribution in [1.29, 1.82) is 0 Å². The second-order valence-electron chi connectivity index (χ2n) is 2.14. The van der Waals surface area contributed by atoms with Crippen LogP contribution in [-0.4, -0.2) is 6.61 Å². The zero-order valence-electron chi connectivity index (χ0n) is 5.89. The summed E-state index contributed by atoms with van der Waals surface area (Å²) in [6.07, 6.45) is 3.66. The van der Waals surface area contributed by atoms with E-state index in [2.05, 4.69) is 12.0 Å². The molecule has 0 amide bonds. The van der Waals surface area contributed by atoms with Crippen LogP contribution in [0.15, 0.2) is 24.1 Å². The van der Waals surface area contributed by atoms with E-state index < -0.39 is 0 Å². The smallest absolute Gasteiger partial charge is 0.138 e. The molecule has 0 atom stereocenters. The average molecular weight is 140 g/mol. The van der Waals surface area contributed by atoms with Gasteiger partial charge in [0.05, 0.1) is 12.3 Å². The lowest BCUT2D eigenvalue weighted by atomic mass is 10.2. The van der Waals surface area contributed by atoms with Gasteiger partial charge in [-0.25, -0.2) is 0 Å². The van der Waals surface area contributed by atoms with E-state index in [9.17, 15) is 0 Å². The predicted octanol–water partition coefficient (Wildman–Crippen LogP) is 0.658. The molecule has 3 N–H and O–H groups in total. The van der Waals surface area contributed by atoms with Crippen LogP contribution in [-0.2, 0) is 4.74 Å². The van der Waals surface area contributed by atoms with Crippen molar-refractivity contribution < 1.29 is 4.74 Å². The molecule has 0 aromatic heterocycles. The molecule has 0 unspecified atom stereocenters. The molecule has 3 heteroatoms. The van der Waals surface area contributed by atoms with Crippen molar-refractivity contribution in [1.82, 2.24) is 5.43 Å². The van der Waals surface area contributed by atoms with Gasteiger partial charge >= 0.3 is 0 Å². The minimum atomic E-state index is 0.770. The van der Waals surface area contributed by atoms with Gasteiger partial charge in [0, 0.05) is 0 Å². The third kappa shape index (κ3) is 1.30. The standard InChI is InChI=1S/C7H12N2O/c1-2-7-6(9-8)4-3-5-10-7/h2,9H,1,3-5,8H2. The van der Waals surface area contributed by atoms with E-state index in [0.717, 1.165) is 30.9 Å². The Bertz CT molecular complexity index is 163. The van der Waals surface area contributed by atoms with E-state index in [-0.39, 0.29) is 0 Å². The molecule has 1 rings (SSSR count). The van der Waals surface area contributed by atoms with Gasteiger partial charge in [-0.3, -0.25) is 5.84 Å². The van der Waals surface area contributed by atoms with E-state index in [1.165, 1.54) is 0 Å². The van der Waals surface area contributed by atoms with Crippen LogP contribution in [0.1, 0.15) is 12.8 Å². The fraction of sp³-hybridized carbons (Fsp3) is 0.429. The largest absolute Gasteiger partial charge is 0.492 e. The molecule has 0 saturated heterocycles. The SMILES string of the molecule is C=CC1=C(NN)CCCO1. The highest BCUT2D eigenvalue weighted by molar-refractivity contribution is 5.18. The molecule has 0 aliphatic carbocycles. The quantitative estimate of drug-likeness (QED) is 0.437. The first-order valence-corrected chi connectivity index (χ1v) is 3.33. The molecule has 0 radical (unpaired) electrons. The summed E-state index contributed by atoms with van der Waals surface area (Å²) in [6.45, 7) is 4.37. The van der Waals surface area contributed by atoms with Gasteiger partial charge in [0.25, 0.3) is 0 Å².